The Morgan fingerprint density at radius 1 is 1.26 bits per heavy atom. The maximum Gasteiger partial charge on any atom is 0.506 e. The minimum Gasteiger partial charge on any atom is -0.450 e. The average molecular weight is 504 g/mol. The van der Waals surface area contributed by atoms with Gasteiger partial charge in [0.15, 0.2) is 0 Å². The van der Waals surface area contributed by atoms with E-state index in [1.807, 2.05) is 17.0 Å². The number of hydrogen-bond acceptors (Lipinski definition) is 7. The third-order valence-electron chi connectivity index (χ3n) is 8.30. The molecule has 192 valence electrons. The summed E-state index contributed by atoms with van der Waals surface area (Å²) >= 11 is 1.61. The number of nitrogens with zero attached hydrogens (tertiary/aromatic N) is 2. The van der Waals surface area contributed by atoms with Gasteiger partial charge >= 0.3 is 6.16 Å². The van der Waals surface area contributed by atoms with Crippen molar-refractivity contribution < 1.29 is 24.5 Å². The van der Waals surface area contributed by atoms with E-state index in [0.717, 1.165) is 55.1 Å². The quantitative estimate of drug-likeness (QED) is 0.358. The first-order valence-corrected chi connectivity index (χ1v) is 14.0. The first-order chi connectivity index (χ1) is 16.7. The molecule has 5 fully saturated rings. The van der Waals surface area contributed by atoms with Crippen molar-refractivity contribution in [3.8, 4) is 0 Å². The van der Waals surface area contributed by atoms with Gasteiger partial charge in [0.2, 0.25) is 0 Å². The van der Waals surface area contributed by atoms with Gasteiger partial charge in [-0.25, -0.2) is 9.78 Å². The Hall–Kier alpha value is -2.00. The third kappa shape index (κ3) is 5.40. The molecule has 0 radical (unpaired) electrons. The van der Waals surface area contributed by atoms with Gasteiger partial charge < -0.3 is 25.2 Å². The fourth-order valence-electron chi connectivity index (χ4n) is 6.90. The first kappa shape index (κ1) is 24.7. The molecular formula is C26H37N3O5S. The van der Waals surface area contributed by atoms with Crippen LogP contribution in [-0.4, -0.2) is 63.8 Å². The Bertz CT molecular complexity index is 956. The molecule has 0 spiro atoms. The maximum absolute atomic E-state index is 13.5. The summed E-state index contributed by atoms with van der Waals surface area (Å²) in [4.78, 5) is 31.3. The fraction of sp³-hybridized carbons (Fsp3) is 0.731. The van der Waals surface area contributed by atoms with Crippen LogP contribution in [0.5, 0.6) is 0 Å². The number of amides is 1. The summed E-state index contributed by atoms with van der Waals surface area (Å²) < 4.78 is 4.94. The number of carboxylic acid groups (broad SMARTS) is 1. The van der Waals surface area contributed by atoms with Gasteiger partial charge in [-0.2, -0.15) is 0 Å². The van der Waals surface area contributed by atoms with Gasteiger partial charge in [0.05, 0.1) is 17.7 Å². The van der Waals surface area contributed by atoms with Gasteiger partial charge in [-0.1, -0.05) is 13.8 Å². The topological polar surface area (TPSA) is 112 Å². The van der Waals surface area contributed by atoms with Gasteiger partial charge in [0.1, 0.15) is 16.9 Å². The van der Waals surface area contributed by atoms with E-state index < -0.39 is 11.8 Å². The van der Waals surface area contributed by atoms with E-state index in [0.29, 0.717) is 48.7 Å². The molecular weight excluding hydrogens is 466 g/mol. The van der Waals surface area contributed by atoms with Crippen LogP contribution < -0.4 is 10.2 Å². The zero-order valence-corrected chi connectivity index (χ0v) is 21.4. The second-order valence-corrected chi connectivity index (χ2v) is 12.6. The highest BCUT2D eigenvalue weighted by molar-refractivity contribution is 7.99. The summed E-state index contributed by atoms with van der Waals surface area (Å²) in [5.41, 5.74) is 0.0871. The summed E-state index contributed by atoms with van der Waals surface area (Å²) in [5, 5.41) is 23.9. The van der Waals surface area contributed by atoms with Crippen LogP contribution in [-0.2, 0) is 4.74 Å². The van der Waals surface area contributed by atoms with E-state index in [2.05, 4.69) is 19.2 Å². The van der Waals surface area contributed by atoms with Crippen molar-refractivity contribution in [3.05, 3.63) is 17.7 Å². The lowest BCUT2D eigenvalue weighted by molar-refractivity contribution is -0.136. The molecule has 3 N–H and O–H groups in total. The van der Waals surface area contributed by atoms with Crippen LogP contribution in [0.25, 0.3) is 0 Å². The highest BCUT2D eigenvalue weighted by Gasteiger charge is 2.55. The van der Waals surface area contributed by atoms with E-state index in [-0.39, 0.29) is 18.1 Å². The minimum absolute atomic E-state index is 0.0749. The van der Waals surface area contributed by atoms with Crippen LogP contribution >= 0.6 is 11.8 Å². The van der Waals surface area contributed by atoms with Crippen molar-refractivity contribution in [2.24, 2.45) is 23.7 Å². The molecule has 1 amide bonds. The lowest BCUT2D eigenvalue weighted by atomic mass is 9.52. The van der Waals surface area contributed by atoms with Crippen molar-refractivity contribution in [2.75, 3.05) is 23.7 Å². The fourth-order valence-corrected chi connectivity index (χ4v) is 8.16. The summed E-state index contributed by atoms with van der Waals surface area (Å²) in [6.07, 6.45) is 4.78. The number of rotatable bonds is 8. The SMILES string of the molecule is CC(C)CCSc1nc(N2CC[C@@H](OC(=O)O)C2)ccc1C(=O)NC1C2CC3CC1CC(O)(C3)C2. The van der Waals surface area contributed by atoms with Crippen molar-refractivity contribution >= 4 is 29.6 Å². The minimum atomic E-state index is -1.25. The molecule has 35 heavy (non-hydrogen) atoms. The van der Waals surface area contributed by atoms with E-state index in [1.165, 1.54) is 0 Å². The van der Waals surface area contributed by atoms with E-state index in [4.69, 9.17) is 14.8 Å². The predicted octanol–water partition coefficient (Wildman–Crippen LogP) is 4.16. The number of carbonyl (C=O) groups excluding carboxylic acids is 1. The Kier molecular flexibility index (Phi) is 6.92. The molecule has 1 aliphatic heterocycles. The molecule has 5 aliphatic rings. The van der Waals surface area contributed by atoms with Crippen molar-refractivity contribution in [1.82, 2.24) is 10.3 Å². The van der Waals surface area contributed by atoms with E-state index in [9.17, 15) is 14.7 Å². The smallest absolute Gasteiger partial charge is 0.450 e. The van der Waals surface area contributed by atoms with Crippen LogP contribution in [0, 0.1) is 23.7 Å². The lowest BCUT2D eigenvalue weighted by Crippen LogP contribution is -2.61. The Balaban J connectivity index is 1.31. The number of carbonyl (C=O) groups is 2. The third-order valence-corrected chi connectivity index (χ3v) is 9.32. The highest BCUT2D eigenvalue weighted by atomic mass is 32.2. The number of thioether (sulfide) groups is 1. The molecule has 6 rings (SSSR count). The number of anilines is 1. The maximum atomic E-state index is 13.5. The van der Waals surface area contributed by atoms with Gasteiger partial charge in [-0.05, 0) is 80.1 Å². The standard InChI is InChI=1S/C26H37N3O5S/c1-15(2)6-8-35-24-20(3-4-21(27-24)29-7-5-19(14-29)34-25(31)32)23(30)28-22-17-9-16-10-18(22)13-26(33,11-16)12-17/h3-4,15-19,22,33H,5-14H2,1-2H3,(H,28,30)(H,31,32)/t16?,17?,18?,19-,22?,26?/m1/s1. The van der Waals surface area contributed by atoms with Crippen LogP contribution in [0.4, 0.5) is 10.6 Å². The summed E-state index contributed by atoms with van der Waals surface area (Å²) in [6, 6.07) is 3.86. The molecule has 9 heteroatoms. The molecule has 4 saturated carbocycles. The summed E-state index contributed by atoms with van der Waals surface area (Å²) in [7, 11) is 0. The monoisotopic (exact) mass is 503 g/mol. The molecule has 4 bridgehead atoms. The molecule has 8 nitrogen and oxygen atoms in total. The second-order valence-electron chi connectivity index (χ2n) is 11.5. The number of nitrogens with one attached hydrogen (secondary N) is 1. The Morgan fingerprint density at radius 3 is 2.66 bits per heavy atom. The Morgan fingerprint density at radius 2 is 2.00 bits per heavy atom. The molecule has 1 aromatic heterocycles. The van der Waals surface area contributed by atoms with Gasteiger partial charge in [-0.3, -0.25) is 4.79 Å². The number of ether oxygens (including phenoxy) is 1. The molecule has 0 aromatic carbocycles. The molecule has 2 unspecified atom stereocenters. The summed E-state index contributed by atoms with van der Waals surface area (Å²) in [5.74, 6) is 3.43. The van der Waals surface area contributed by atoms with Gasteiger partial charge in [0, 0.05) is 19.0 Å². The molecule has 1 saturated heterocycles. The molecule has 3 atom stereocenters. The Labute approximate surface area is 211 Å². The van der Waals surface area contributed by atoms with E-state index in [1.54, 1.807) is 11.8 Å². The number of pyridine rings is 1. The van der Waals surface area contributed by atoms with Crippen molar-refractivity contribution in [3.63, 3.8) is 0 Å². The second kappa shape index (κ2) is 9.81. The molecule has 1 aromatic rings. The average Bonchev–Trinajstić information content (AvgIpc) is 3.22. The predicted molar refractivity (Wildman–Crippen MR) is 134 cm³/mol. The van der Waals surface area contributed by atoms with Crippen LogP contribution in [0.3, 0.4) is 0 Å². The van der Waals surface area contributed by atoms with Crippen LogP contribution in [0.2, 0.25) is 0 Å². The largest absolute Gasteiger partial charge is 0.506 e. The lowest BCUT2D eigenvalue weighted by Gasteiger charge is -2.58. The molecule has 2 heterocycles. The number of aliphatic hydroxyl groups is 1. The number of aromatic nitrogens is 1. The van der Waals surface area contributed by atoms with Gasteiger partial charge in [0.25, 0.3) is 5.91 Å². The number of hydrogen-bond donors (Lipinski definition) is 3. The normalized spacial score (nSPS) is 33.4. The van der Waals surface area contributed by atoms with Crippen LogP contribution in [0.1, 0.15) is 69.2 Å². The zero-order chi connectivity index (χ0) is 24.7. The van der Waals surface area contributed by atoms with Crippen LogP contribution in [0.15, 0.2) is 17.2 Å². The van der Waals surface area contributed by atoms with Crippen molar-refractivity contribution in [2.45, 2.75) is 81.6 Å². The van der Waals surface area contributed by atoms with Crippen molar-refractivity contribution in [1.29, 1.82) is 0 Å². The zero-order valence-electron chi connectivity index (χ0n) is 20.6. The first-order valence-electron chi connectivity index (χ1n) is 13.0. The highest BCUT2D eigenvalue weighted by Crippen LogP contribution is 2.55. The molecule has 4 aliphatic carbocycles. The van der Waals surface area contributed by atoms with Gasteiger partial charge in [-0.15, -0.1) is 11.8 Å². The van der Waals surface area contributed by atoms with E-state index >= 15 is 0 Å². The summed E-state index contributed by atoms with van der Waals surface area (Å²) in [6.45, 7) is 5.51.